The highest BCUT2D eigenvalue weighted by Gasteiger charge is 2.16. The number of phenolic OH excluding ortho intramolecular Hbond substituents is 1. The molecule has 0 spiro atoms. The number of aromatic hydroxyl groups is 1. The van der Waals surface area contributed by atoms with Crippen LogP contribution >= 0.6 is 0 Å². The van der Waals surface area contributed by atoms with Gasteiger partial charge in [-0.05, 0) is 66.8 Å². The summed E-state index contributed by atoms with van der Waals surface area (Å²) in [6.07, 6.45) is 12.2. The lowest BCUT2D eigenvalue weighted by Gasteiger charge is -2.29. The van der Waals surface area contributed by atoms with Gasteiger partial charge in [-0.15, -0.1) is 0 Å². The van der Waals surface area contributed by atoms with E-state index in [-0.39, 0.29) is 0 Å². The molecule has 1 aliphatic rings. The van der Waals surface area contributed by atoms with Crippen LogP contribution in [0.2, 0.25) is 0 Å². The Morgan fingerprint density at radius 2 is 1.48 bits per heavy atom. The lowest BCUT2D eigenvalue weighted by molar-refractivity contribution is 0.241. The van der Waals surface area contributed by atoms with E-state index in [1.54, 1.807) is 0 Å². The van der Waals surface area contributed by atoms with E-state index in [0.717, 1.165) is 37.3 Å². The maximum Gasteiger partial charge on any atom is 0.115 e. The number of hydrogen-bond donors (Lipinski definition) is 1. The van der Waals surface area contributed by atoms with Crippen molar-refractivity contribution in [1.82, 2.24) is 4.90 Å². The predicted octanol–water partition coefficient (Wildman–Crippen LogP) is 6.80. The molecule has 2 atom stereocenters. The van der Waals surface area contributed by atoms with E-state index in [9.17, 15) is 5.11 Å². The Bertz CT molecular complexity index is 539. The van der Waals surface area contributed by atoms with E-state index in [1.807, 2.05) is 12.1 Å². The number of rotatable bonds is 12. The van der Waals surface area contributed by atoms with Crippen LogP contribution in [0.15, 0.2) is 18.2 Å². The largest absolute Gasteiger partial charge is 0.508 e. The number of nitrogens with zero attached hydrogens (tertiary/aromatic N) is 1. The first-order chi connectivity index (χ1) is 12.9. The standard InChI is InChI=1S/C25H43NO/c1-20(2)8-5-9-21(3)10-6-11-22(4)12-7-16-26-17-15-23-18-25(27)14-13-24(23)19-26/h13-14,18,20-22,27H,5-12,15-17,19H2,1-4H3/t21-,22-/m1/s1. The van der Waals surface area contributed by atoms with Gasteiger partial charge in [0, 0.05) is 13.1 Å². The molecule has 1 heterocycles. The van der Waals surface area contributed by atoms with Gasteiger partial charge in [-0.25, -0.2) is 0 Å². The van der Waals surface area contributed by atoms with Crippen molar-refractivity contribution in [2.45, 2.75) is 92.0 Å². The summed E-state index contributed by atoms with van der Waals surface area (Å²) in [6, 6.07) is 5.87. The van der Waals surface area contributed by atoms with Gasteiger partial charge in [0.2, 0.25) is 0 Å². The normalized spacial score (nSPS) is 17.1. The van der Waals surface area contributed by atoms with Crippen molar-refractivity contribution < 1.29 is 5.11 Å². The molecule has 2 rings (SSSR count). The van der Waals surface area contributed by atoms with Crippen LogP contribution in [0.5, 0.6) is 5.75 Å². The van der Waals surface area contributed by atoms with E-state index >= 15 is 0 Å². The molecule has 1 aliphatic heterocycles. The van der Waals surface area contributed by atoms with E-state index in [4.69, 9.17) is 0 Å². The molecule has 0 amide bonds. The molecule has 0 saturated heterocycles. The Morgan fingerprint density at radius 3 is 2.15 bits per heavy atom. The van der Waals surface area contributed by atoms with Crippen molar-refractivity contribution in [1.29, 1.82) is 0 Å². The second-order valence-corrected chi connectivity index (χ2v) is 9.59. The molecule has 1 N–H and O–H groups in total. The first-order valence-electron chi connectivity index (χ1n) is 11.5. The molecule has 27 heavy (non-hydrogen) atoms. The molecule has 0 aromatic heterocycles. The second-order valence-electron chi connectivity index (χ2n) is 9.59. The van der Waals surface area contributed by atoms with Crippen LogP contribution in [-0.4, -0.2) is 23.1 Å². The fourth-order valence-electron chi connectivity index (χ4n) is 4.43. The molecular weight excluding hydrogens is 330 g/mol. The zero-order chi connectivity index (χ0) is 19.6. The average molecular weight is 374 g/mol. The van der Waals surface area contributed by atoms with Crippen molar-refractivity contribution >= 4 is 0 Å². The average Bonchev–Trinajstić information content (AvgIpc) is 2.61. The summed E-state index contributed by atoms with van der Waals surface area (Å²) < 4.78 is 0. The molecule has 0 fully saturated rings. The maximum absolute atomic E-state index is 9.61. The molecule has 0 bridgehead atoms. The second kappa shape index (κ2) is 11.7. The monoisotopic (exact) mass is 373 g/mol. The molecule has 2 heteroatoms. The third-order valence-corrected chi connectivity index (χ3v) is 6.32. The summed E-state index contributed by atoms with van der Waals surface area (Å²) in [7, 11) is 0. The highest BCUT2D eigenvalue weighted by Crippen LogP contribution is 2.24. The van der Waals surface area contributed by atoms with Gasteiger partial charge in [-0.1, -0.05) is 72.3 Å². The van der Waals surface area contributed by atoms with Gasteiger partial charge >= 0.3 is 0 Å². The highest BCUT2D eigenvalue weighted by molar-refractivity contribution is 5.36. The van der Waals surface area contributed by atoms with Gasteiger partial charge in [0.15, 0.2) is 0 Å². The number of hydrogen-bond acceptors (Lipinski definition) is 2. The molecule has 0 aliphatic carbocycles. The van der Waals surface area contributed by atoms with Crippen molar-refractivity contribution in [3.8, 4) is 5.75 Å². The summed E-state index contributed by atoms with van der Waals surface area (Å²) in [5.41, 5.74) is 2.74. The van der Waals surface area contributed by atoms with Crippen LogP contribution in [0.4, 0.5) is 0 Å². The Kier molecular flexibility index (Phi) is 9.68. The van der Waals surface area contributed by atoms with Crippen LogP contribution < -0.4 is 0 Å². The van der Waals surface area contributed by atoms with E-state index < -0.39 is 0 Å². The molecule has 0 unspecified atom stereocenters. The molecule has 2 nitrogen and oxygen atoms in total. The van der Waals surface area contributed by atoms with E-state index in [0.29, 0.717) is 5.75 Å². The number of benzene rings is 1. The Hall–Kier alpha value is -1.02. The van der Waals surface area contributed by atoms with Gasteiger partial charge in [-0.3, -0.25) is 4.90 Å². The third kappa shape index (κ3) is 8.68. The smallest absolute Gasteiger partial charge is 0.115 e. The summed E-state index contributed by atoms with van der Waals surface area (Å²) in [5.74, 6) is 3.04. The van der Waals surface area contributed by atoms with Gasteiger partial charge in [0.25, 0.3) is 0 Å². The Morgan fingerprint density at radius 1 is 0.852 bits per heavy atom. The molecular formula is C25H43NO. The molecule has 0 radical (unpaired) electrons. The molecule has 154 valence electrons. The molecule has 1 aromatic carbocycles. The minimum absolute atomic E-state index is 0.408. The van der Waals surface area contributed by atoms with Crippen molar-refractivity contribution in [3.63, 3.8) is 0 Å². The zero-order valence-electron chi connectivity index (χ0n) is 18.3. The summed E-state index contributed by atoms with van der Waals surface area (Å²) >= 11 is 0. The predicted molar refractivity (Wildman–Crippen MR) is 117 cm³/mol. The van der Waals surface area contributed by atoms with Crippen molar-refractivity contribution in [2.24, 2.45) is 17.8 Å². The van der Waals surface area contributed by atoms with Crippen LogP contribution in [0.3, 0.4) is 0 Å². The van der Waals surface area contributed by atoms with Crippen LogP contribution in [0.25, 0.3) is 0 Å². The summed E-state index contributed by atoms with van der Waals surface area (Å²) in [5, 5.41) is 9.61. The quantitative estimate of drug-likeness (QED) is 0.435. The number of phenols is 1. The van der Waals surface area contributed by atoms with Crippen molar-refractivity contribution in [2.75, 3.05) is 13.1 Å². The van der Waals surface area contributed by atoms with Gasteiger partial charge in [-0.2, -0.15) is 0 Å². The molecule has 0 saturated carbocycles. The van der Waals surface area contributed by atoms with Gasteiger partial charge < -0.3 is 5.11 Å². The first kappa shape index (κ1) is 22.3. The van der Waals surface area contributed by atoms with Crippen molar-refractivity contribution in [3.05, 3.63) is 29.3 Å². The Labute approximate surface area is 168 Å². The maximum atomic E-state index is 9.61. The minimum atomic E-state index is 0.408. The number of fused-ring (bicyclic) bond motifs is 1. The van der Waals surface area contributed by atoms with E-state index in [1.165, 1.54) is 69.0 Å². The lowest BCUT2D eigenvalue weighted by atomic mass is 9.92. The fraction of sp³-hybridized carbons (Fsp3) is 0.760. The highest BCUT2D eigenvalue weighted by atomic mass is 16.3. The SMILES string of the molecule is CC(C)CCC[C@@H](C)CCC[C@@H](C)CCCN1CCc2cc(O)ccc2C1. The topological polar surface area (TPSA) is 23.5 Å². The van der Waals surface area contributed by atoms with Gasteiger partial charge in [0.1, 0.15) is 5.75 Å². The zero-order valence-corrected chi connectivity index (χ0v) is 18.3. The fourth-order valence-corrected chi connectivity index (χ4v) is 4.43. The van der Waals surface area contributed by atoms with E-state index in [2.05, 4.69) is 38.7 Å². The van der Waals surface area contributed by atoms with Crippen LogP contribution in [-0.2, 0) is 13.0 Å². The Balaban J connectivity index is 1.53. The van der Waals surface area contributed by atoms with Crippen LogP contribution in [0, 0.1) is 17.8 Å². The lowest BCUT2D eigenvalue weighted by Crippen LogP contribution is -2.31. The third-order valence-electron chi connectivity index (χ3n) is 6.32. The minimum Gasteiger partial charge on any atom is -0.508 e. The summed E-state index contributed by atoms with van der Waals surface area (Å²) in [6.45, 7) is 13.0. The molecule has 1 aromatic rings. The first-order valence-corrected chi connectivity index (χ1v) is 11.5. The summed E-state index contributed by atoms with van der Waals surface area (Å²) in [4.78, 5) is 2.59. The van der Waals surface area contributed by atoms with Crippen LogP contribution in [0.1, 0.15) is 90.2 Å². The van der Waals surface area contributed by atoms with Gasteiger partial charge in [0.05, 0.1) is 0 Å².